The van der Waals surface area contributed by atoms with Crippen molar-refractivity contribution in [3.05, 3.63) is 47.5 Å². The van der Waals surface area contributed by atoms with E-state index in [1.807, 2.05) is 0 Å². The van der Waals surface area contributed by atoms with Crippen LogP contribution in [0.5, 0.6) is 0 Å². The van der Waals surface area contributed by atoms with Gasteiger partial charge in [-0.05, 0) is 31.4 Å². The van der Waals surface area contributed by atoms with E-state index in [1.165, 1.54) is 18.2 Å². The minimum atomic E-state index is -0.466. The molecule has 0 heterocycles. The normalized spacial score (nSPS) is 25.2. The second-order valence-corrected chi connectivity index (χ2v) is 5.58. The second-order valence-electron chi connectivity index (χ2n) is 5.58. The number of rotatable bonds is 3. The van der Waals surface area contributed by atoms with Crippen LogP contribution in [0.2, 0.25) is 0 Å². The molecule has 2 unspecified atom stereocenters. The molecule has 0 amide bonds. The van der Waals surface area contributed by atoms with Crippen LogP contribution in [0, 0.1) is 11.6 Å². The summed E-state index contributed by atoms with van der Waals surface area (Å²) >= 11 is 0. The first kappa shape index (κ1) is 14.0. The van der Waals surface area contributed by atoms with Gasteiger partial charge in [0.15, 0.2) is 5.96 Å². The Morgan fingerprint density at radius 3 is 2.43 bits per heavy atom. The van der Waals surface area contributed by atoms with E-state index in [4.69, 9.17) is 0 Å². The number of benzene rings is 1. The predicted molar refractivity (Wildman–Crippen MR) is 79.3 cm³/mol. The Bertz CT molecular complexity index is 555. The average molecular weight is 291 g/mol. The van der Waals surface area contributed by atoms with Gasteiger partial charge in [0.1, 0.15) is 11.6 Å². The highest BCUT2D eigenvalue weighted by Crippen LogP contribution is 2.43. The molecule has 0 aliphatic heterocycles. The highest BCUT2D eigenvalue weighted by Gasteiger charge is 2.42. The molecule has 0 radical (unpaired) electrons. The third kappa shape index (κ3) is 3.06. The molecular weight excluding hydrogens is 272 g/mol. The molecule has 3 rings (SSSR count). The summed E-state index contributed by atoms with van der Waals surface area (Å²) in [5, 5.41) is 6.58. The molecule has 0 spiro atoms. The van der Waals surface area contributed by atoms with E-state index in [1.54, 1.807) is 7.05 Å². The molecule has 0 saturated heterocycles. The Kier molecular flexibility index (Phi) is 3.90. The molecule has 2 aliphatic carbocycles. The minimum absolute atomic E-state index is 0.0389. The zero-order chi connectivity index (χ0) is 14.8. The molecule has 2 aliphatic rings. The minimum Gasteiger partial charge on any atom is -0.353 e. The van der Waals surface area contributed by atoms with Crippen molar-refractivity contribution in [3.63, 3.8) is 0 Å². The van der Waals surface area contributed by atoms with Crippen LogP contribution in [0.4, 0.5) is 8.78 Å². The van der Waals surface area contributed by atoms with Gasteiger partial charge in [-0.3, -0.25) is 4.99 Å². The van der Waals surface area contributed by atoms with Gasteiger partial charge in [-0.1, -0.05) is 18.2 Å². The molecule has 0 bridgehead atoms. The van der Waals surface area contributed by atoms with Crippen molar-refractivity contribution in [2.24, 2.45) is 4.99 Å². The van der Waals surface area contributed by atoms with Crippen LogP contribution in [0.1, 0.15) is 30.7 Å². The Balaban J connectivity index is 1.60. The number of hydrogen-bond donors (Lipinski definition) is 2. The standard InChI is InChI=1S/C16H19F2N3/c1-19-16(20-10-5-2-3-6-10)21-14-9-11(14)15-12(17)7-4-8-13(15)18/h2-4,7-8,10-11,14H,5-6,9H2,1H3,(H2,19,20,21). The number of hydrogen-bond acceptors (Lipinski definition) is 1. The number of nitrogens with zero attached hydrogens (tertiary/aromatic N) is 1. The van der Waals surface area contributed by atoms with Crippen molar-refractivity contribution in [1.29, 1.82) is 0 Å². The molecule has 112 valence electrons. The Hall–Kier alpha value is -1.91. The zero-order valence-corrected chi connectivity index (χ0v) is 11.9. The lowest BCUT2D eigenvalue weighted by Crippen LogP contribution is -2.43. The topological polar surface area (TPSA) is 36.4 Å². The van der Waals surface area contributed by atoms with Gasteiger partial charge in [0.25, 0.3) is 0 Å². The lowest BCUT2D eigenvalue weighted by atomic mass is 10.1. The maximum absolute atomic E-state index is 13.7. The summed E-state index contributed by atoms with van der Waals surface area (Å²) in [6, 6.07) is 4.42. The molecule has 3 nitrogen and oxygen atoms in total. The lowest BCUT2D eigenvalue weighted by molar-refractivity contribution is 0.553. The van der Waals surface area contributed by atoms with E-state index in [-0.39, 0.29) is 17.5 Å². The molecule has 1 saturated carbocycles. The fourth-order valence-electron chi connectivity index (χ4n) is 2.81. The van der Waals surface area contributed by atoms with Gasteiger partial charge >= 0.3 is 0 Å². The van der Waals surface area contributed by atoms with Crippen LogP contribution < -0.4 is 10.6 Å². The van der Waals surface area contributed by atoms with Gasteiger partial charge < -0.3 is 10.6 Å². The molecule has 21 heavy (non-hydrogen) atoms. The third-order valence-electron chi connectivity index (χ3n) is 4.06. The predicted octanol–water partition coefficient (Wildman–Crippen LogP) is 2.70. The summed E-state index contributed by atoms with van der Waals surface area (Å²) in [5.74, 6) is -0.348. The van der Waals surface area contributed by atoms with E-state index in [9.17, 15) is 8.78 Å². The molecule has 1 aromatic rings. The zero-order valence-electron chi connectivity index (χ0n) is 11.9. The Morgan fingerprint density at radius 2 is 1.81 bits per heavy atom. The largest absolute Gasteiger partial charge is 0.353 e. The smallest absolute Gasteiger partial charge is 0.191 e. The first-order valence-electron chi connectivity index (χ1n) is 7.27. The molecule has 1 aromatic carbocycles. The first-order chi connectivity index (χ1) is 10.2. The van der Waals surface area contributed by atoms with Crippen LogP contribution in [0.3, 0.4) is 0 Å². The van der Waals surface area contributed by atoms with Crippen molar-refractivity contribution in [1.82, 2.24) is 10.6 Å². The lowest BCUT2D eigenvalue weighted by Gasteiger charge is -2.17. The van der Waals surface area contributed by atoms with E-state index >= 15 is 0 Å². The molecule has 2 atom stereocenters. The van der Waals surface area contributed by atoms with Crippen molar-refractivity contribution < 1.29 is 8.78 Å². The number of nitrogens with one attached hydrogen (secondary N) is 2. The van der Waals surface area contributed by atoms with Crippen LogP contribution in [0.25, 0.3) is 0 Å². The highest BCUT2D eigenvalue weighted by molar-refractivity contribution is 5.81. The Labute approximate surface area is 123 Å². The maximum atomic E-state index is 13.7. The summed E-state index contributed by atoms with van der Waals surface area (Å²) in [5.41, 5.74) is 0.188. The Morgan fingerprint density at radius 1 is 1.14 bits per heavy atom. The SMILES string of the molecule is CN=C(NC1CC=CC1)NC1CC1c1c(F)cccc1F. The maximum Gasteiger partial charge on any atom is 0.191 e. The van der Waals surface area contributed by atoms with Gasteiger partial charge in [-0.25, -0.2) is 8.78 Å². The van der Waals surface area contributed by atoms with Crippen LogP contribution in [-0.2, 0) is 0 Å². The quantitative estimate of drug-likeness (QED) is 0.510. The molecule has 5 heteroatoms. The highest BCUT2D eigenvalue weighted by atomic mass is 19.1. The molecule has 1 fully saturated rings. The van der Waals surface area contributed by atoms with Gasteiger partial charge in [-0.2, -0.15) is 0 Å². The van der Waals surface area contributed by atoms with Crippen molar-refractivity contribution in [2.45, 2.75) is 37.3 Å². The van der Waals surface area contributed by atoms with Gasteiger partial charge in [-0.15, -0.1) is 0 Å². The van der Waals surface area contributed by atoms with Crippen molar-refractivity contribution >= 4 is 5.96 Å². The summed E-state index contributed by atoms with van der Waals surface area (Å²) < 4.78 is 27.5. The average Bonchev–Trinajstić information content (AvgIpc) is 2.99. The van der Waals surface area contributed by atoms with Crippen molar-refractivity contribution in [2.75, 3.05) is 7.05 Å². The van der Waals surface area contributed by atoms with Gasteiger partial charge in [0.05, 0.1) is 0 Å². The van der Waals surface area contributed by atoms with Crippen molar-refractivity contribution in [3.8, 4) is 0 Å². The monoisotopic (exact) mass is 291 g/mol. The number of aliphatic imine (C=N–C) groups is 1. The van der Waals surface area contributed by atoms with Crippen LogP contribution in [-0.4, -0.2) is 25.1 Å². The summed E-state index contributed by atoms with van der Waals surface area (Å²) in [6.45, 7) is 0. The summed E-state index contributed by atoms with van der Waals surface area (Å²) in [7, 11) is 1.71. The molecular formula is C16H19F2N3. The van der Waals surface area contributed by atoms with E-state index in [0.29, 0.717) is 12.0 Å². The number of guanidine groups is 1. The van der Waals surface area contributed by atoms with E-state index in [0.717, 1.165) is 19.3 Å². The second kappa shape index (κ2) is 5.84. The van der Waals surface area contributed by atoms with Gasteiger partial charge in [0, 0.05) is 30.6 Å². The number of halogens is 2. The molecule has 2 N–H and O–H groups in total. The first-order valence-corrected chi connectivity index (χ1v) is 7.27. The molecule has 0 aromatic heterocycles. The fraction of sp³-hybridized carbons (Fsp3) is 0.438. The van der Waals surface area contributed by atoms with Crippen LogP contribution >= 0.6 is 0 Å². The van der Waals surface area contributed by atoms with Gasteiger partial charge in [0.2, 0.25) is 0 Å². The fourth-order valence-corrected chi connectivity index (χ4v) is 2.81. The van der Waals surface area contributed by atoms with Crippen LogP contribution in [0.15, 0.2) is 35.3 Å². The summed E-state index contributed by atoms with van der Waals surface area (Å²) in [6.07, 6.45) is 6.97. The van der Waals surface area contributed by atoms with E-state index in [2.05, 4.69) is 27.8 Å². The summed E-state index contributed by atoms with van der Waals surface area (Å²) in [4.78, 5) is 4.18. The van der Waals surface area contributed by atoms with E-state index < -0.39 is 11.6 Å². The third-order valence-corrected chi connectivity index (χ3v) is 4.06.